The van der Waals surface area contributed by atoms with Gasteiger partial charge in [-0.15, -0.1) is 0 Å². The molecule has 0 bridgehead atoms. The number of nitrogens with zero attached hydrogens (tertiary/aromatic N) is 3. The molecule has 1 aromatic carbocycles. The standard InChI is InChI=1S/C25H27F2N5O3S/c1-12-10-32(11-18(28)25(12,2)34)21-13(9-30-23-14(21)6-7-35-23)8-17(33)20-22(29)36-24(31-20)19-15(26)4-3-5-16(19)27/h3-5,9,12,18,34H,6-8,10-11,28-29H2,1-2H3/t12-,18+,25+/m0/s1. The molecule has 3 aromatic rings. The number of nitrogen functional groups attached to an aromatic ring is 1. The van der Waals surface area contributed by atoms with Crippen LogP contribution in [0.2, 0.25) is 0 Å². The highest BCUT2D eigenvalue weighted by atomic mass is 32.1. The minimum atomic E-state index is -1.02. The summed E-state index contributed by atoms with van der Waals surface area (Å²) in [6.45, 7) is 5.09. The number of benzene rings is 1. The van der Waals surface area contributed by atoms with E-state index in [1.807, 2.05) is 6.92 Å². The topological polar surface area (TPSA) is 128 Å². The van der Waals surface area contributed by atoms with E-state index in [0.717, 1.165) is 34.7 Å². The SMILES string of the molecule is C[C@H]1CN(c2c(CC(=O)c3nc(-c4c(F)cccc4F)sc3N)cnc3c2CCO3)C[C@@H](N)[C@]1(C)O. The Morgan fingerprint density at radius 2 is 2.06 bits per heavy atom. The van der Waals surface area contributed by atoms with Crippen LogP contribution in [-0.2, 0) is 12.8 Å². The predicted octanol–water partition coefficient (Wildman–Crippen LogP) is 2.96. The van der Waals surface area contributed by atoms with E-state index in [1.165, 1.54) is 6.07 Å². The Morgan fingerprint density at radius 3 is 2.75 bits per heavy atom. The van der Waals surface area contributed by atoms with Gasteiger partial charge in [0.25, 0.3) is 0 Å². The molecular formula is C25H27F2N5O3S. The number of rotatable bonds is 5. The highest BCUT2D eigenvalue weighted by molar-refractivity contribution is 7.19. The first-order valence-corrected chi connectivity index (χ1v) is 12.5. The number of carbonyl (C=O) groups excluding carboxylic acids is 1. The molecular weight excluding hydrogens is 488 g/mol. The molecule has 2 aromatic heterocycles. The second kappa shape index (κ2) is 9.06. The monoisotopic (exact) mass is 515 g/mol. The molecule has 11 heteroatoms. The largest absolute Gasteiger partial charge is 0.477 e. The summed E-state index contributed by atoms with van der Waals surface area (Å²) in [7, 11) is 0. The molecule has 36 heavy (non-hydrogen) atoms. The lowest BCUT2D eigenvalue weighted by atomic mass is 9.80. The van der Waals surface area contributed by atoms with Crippen LogP contribution in [0.1, 0.15) is 35.5 Å². The van der Waals surface area contributed by atoms with Crippen molar-refractivity contribution in [2.45, 2.75) is 38.3 Å². The van der Waals surface area contributed by atoms with Crippen molar-refractivity contribution in [3.63, 3.8) is 0 Å². The van der Waals surface area contributed by atoms with Crippen molar-refractivity contribution in [3.05, 3.63) is 52.9 Å². The maximum atomic E-state index is 14.3. The molecule has 5 N–H and O–H groups in total. The second-order valence-electron chi connectivity index (χ2n) is 9.58. The highest BCUT2D eigenvalue weighted by Gasteiger charge is 2.42. The molecule has 1 fully saturated rings. The van der Waals surface area contributed by atoms with Crippen LogP contribution in [0, 0.1) is 17.6 Å². The number of carbonyl (C=O) groups is 1. The van der Waals surface area contributed by atoms with Gasteiger partial charge in [0.05, 0.1) is 29.5 Å². The van der Waals surface area contributed by atoms with Gasteiger partial charge < -0.3 is 26.2 Å². The van der Waals surface area contributed by atoms with Crippen molar-refractivity contribution in [2.75, 3.05) is 30.3 Å². The maximum Gasteiger partial charge on any atom is 0.218 e. The van der Waals surface area contributed by atoms with Gasteiger partial charge in [-0.1, -0.05) is 24.3 Å². The Morgan fingerprint density at radius 1 is 1.33 bits per heavy atom. The Bertz CT molecular complexity index is 1310. The summed E-state index contributed by atoms with van der Waals surface area (Å²) in [4.78, 5) is 24.0. The fourth-order valence-electron chi connectivity index (χ4n) is 4.85. The van der Waals surface area contributed by atoms with Crippen molar-refractivity contribution in [3.8, 4) is 16.5 Å². The number of hydrogen-bond donors (Lipinski definition) is 3. The number of hydrogen-bond acceptors (Lipinski definition) is 9. The fourth-order valence-corrected chi connectivity index (χ4v) is 5.75. The Labute approximate surface area is 210 Å². The van der Waals surface area contributed by atoms with Gasteiger partial charge in [0.15, 0.2) is 5.78 Å². The Hall–Kier alpha value is -3.15. The van der Waals surface area contributed by atoms with Crippen LogP contribution in [0.5, 0.6) is 5.88 Å². The third-order valence-electron chi connectivity index (χ3n) is 7.20. The summed E-state index contributed by atoms with van der Waals surface area (Å²) < 4.78 is 34.2. The van der Waals surface area contributed by atoms with E-state index in [2.05, 4.69) is 14.9 Å². The molecule has 1 saturated heterocycles. The maximum absolute atomic E-state index is 14.3. The number of pyridine rings is 1. The lowest BCUT2D eigenvalue weighted by Crippen LogP contribution is -2.63. The van der Waals surface area contributed by atoms with Crippen LogP contribution in [0.15, 0.2) is 24.4 Å². The van der Waals surface area contributed by atoms with Crippen LogP contribution in [0.25, 0.3) is 10.6 Å². The zero-order chi connectivity index (χ0) is 25.8. The zero-order valence-electron chi connectivity index (χ0n) is 19.9. The van der Waals surface area contributed by atoms with Gasteiger partial charge in [0.1, 0.15) is 27.3 Å². The summed E-state index contributed by atoms with van der Waals surface area (Å²) >= 11 is 0.863. The molecule has 0 spiro atoms. The summed E-state index contributed by atoms with van der Waals surface area (Å²) in [5.41, 5.74) is 13.4. The van der Waals surface area contributed by atoms with Crippen LogP contribution in [0.4, 0.5) is 19.5 Å². The third-order valence-corrected chi connectivity index (χ3v) is 8.10. The van der Waals surface area contributed by atoms with Gasteiger partial charge in [0.2, 0.25) is 5.88 Å². The molecule has 2 aliphatic rings. The minimum absolute atomic E-state index is 0.00483. The number of ketones is 1. The number of Topliss-reactive ketones (excluding diaryl/α,β-unsaturated/α-hetero) is 1. The molecule has 190 valence electrons. The molecule has 0 saturated carbocycles. The highest BCUT2D eigenvalue weighted by Crippen LogP contribution is 2.40. The molecule has 0 unspecified atom stereocenters. The van der Waals surface area contributed by atoms with Crippen LogP contribution >= 0.6 is 11.3 Å². The van der Waals surface area contributed by atoms with Crippen molar-refractivity contribution >= 4 is 27.8 Å². The van der Waals surface area contributed by atoms with Gasteiger partial charge >= 0.3 is 0 Å². The van der Waals surface area contributed by atoms with Crippen LogP contribution in [0.3, 0.4) is 0 Å². The number of aromatic nitrogens is 2. The number of piperidine rings is 1. The van der Waals surface area contributed by atoms with Gasteiger partial charge in [0, 0.05) is 49.2 Å². The average molecular weight is 516 g/mol. The summed E-state index contributed by atoms with van der Waals surface area (Å²) in [6, 6.07) is 3.02. The van der Waals surface area contributed by atoms with E-state index in [-0.39, 0.29) is 33.6 Å². The number of thiazole rings is 1. The van der Waals surface area contributed by atoms with Gasteiger partial charge in [-0.25, -0.2) is 18.7 Å². The van der Waals surface area contributed by atoms with Crippen LogP contribution < -0.4 is 21.1 Å². The number of anilines is 2. The molecule has 8 nitrogen and oxygen atoms in total. The quantitative estimate of drug-likeness (QED) is 0.443. The van der Waals surface area contributed by atoms with E-state index >= 15 is 0 Å². The Balaban J connectivity index is 1.49. The third kappa shape index (κ3) is 4.10. The first kappa shape index (κ1) is 24.5. The summed E-state index contributed by atoms with van der Waals surface area (Å²) in [6.07, 6.45) is 2.16. The van der Waals surface area contributed by atoms with E-state index in [4.69, 9.17) is 16.2 Å². The molecule has 0 aliphatic carbocycles. The molecule has 2 aliphatic heterocycles. The fraction of sp³-hybridized carbons (Fsp3) is 0.400. The van der Waals surface area contributed by atoms with Gasteiger partial charge in [-0.2, -0.15) is 0 Å². The number of ether oxygens (including phenoxy) is 1. The van der Waals surface area contributed by atoms with Crippen LogP contribution in [-0.4, -0.2) is 52.2 Å². The van der Waals surface area contributed by atoms with E-state index < -0.39 is 29.1 Å². The summed E-state index contributed by atoms with van der Waals surface area (Å²) in [5.74, 6) is -1.55. The van der Waals surface area contributed by atoms with Gasteiger partial charge in [-0.05, 0) is 19.1 Å². The smallest absolute Gasteiger partial charge is 0.218 e. The number of fused-ring (bicyclic) bond motifs is 1. The molecule has 3 atom stereocenters. The second-order valence-corrected chi connectivity index (χ2v) is 10.6. The Kier molecular flexibility index (Phi) is 6.17. The van der Waals surface area contributed by atoms with Crippen molar-refractivity contribution < 1.29 is 23.4 Å². The number of nitrogens with two attached hydrogens (primary N) is 2. The normalized spacial score (nSPS) is 23.4. The zero-order valence-corrected chi connectivity index (χ0v) is 20.7. The van der Waals surface area contributed by atoms with Crippen molar-refractivity contribution in [1.82, 2.24) is 9.97 Å². The van der Waals surface area contributed by atoms with E-state index in [0.29, 0.717) is 37.6 Å². The summed E-state index contributed by atoms with van der Waals surface area (Å²) in [5, 5.41) is 10.9. The van der Waals surface area contributed by atoms with Crippen molar-refractivity contribution in [2.24, 2.45) is 11.7 Å². The molecule has 0 radical (unpaired) electrons. The lowest BCUT2D eigenvalue weighted by molar-refractivity contribution is -0.0258. The number of aliphatic hydroxyl groups is 1. The van der Waals surface area contributed by atoms with Gasteiger partial charge in [-0.3, -0.25) is 4.79 Å². The predicted molar refractivity (Wildman–Crippen MR) is 133 cm³/mol. The van der Waals surface area contributed by atoms with E-state index in [1.54, 1.807) is 13.1 Å². The molecule has 4 heterocycles. The average Bonchev–Trinajstić information content (AvgIpc) is 3.44. The first-order chi connectivity index (χ1) is 17.1. The molecule has 5 rings (SSSR count). The van der Waals surface area contributed by atoms with Crippen molar-refractivity contribution in [1.29, 1.82) is 0 Å². The lowest BCUT2D eigenvalue weighted by Gasteiger charge is -2.47. The number of halogens is 2. The molecule has 0 amide bonds. The van der Waals surface area contributed by atoms with E-state index in [9.17, 15) is 18.7 Å². The minimum Gasteiger partial charge on any atom is -0.477 e. The first-order valence-electron chi connectivity index (χ1n) is 11.7.